The second-order valence-corrected chi connectivity index (χ2v) is 10.2. The minimum Gasteiger partial charge on any atom is -0.461 e. The molecule has 0 heterocycles. The Morgan fingerprint density at radius 2 is 1.53 bits per heavy atom. The molecule has 1 N–H and O–H groups in total. The van der Waals surface area contributed by atoms with E-state index in [1.807, 2.05) is 0 Å². The van der Waals surface area contributed by atoms with E-state index in [9.17, 15) is 31.3 Å². The van der Waals surface area contributed by atoms with Crippen molar-refractivity contribution in [2.45, 2.75) is 51.2 Å². The van der Waals surface area contributed by atoms with Crippen molar-refractivity contribution in [3.05, 3.63) is 59.4 Å². The molecule has 4 rings (SSSR count). The van der Waals surface area contributed by atoms with Crippen LogP contribution in [0.1, 0.15) is 39.0 Å². The number of carbonyl (C=O) groups excluding carboxylic acids is 1. The van der Waals surface area contributed by atoms with Crippen LogP contribution in [0.25, 0.3) is 0 Å². The predicted molar refractivity (Wildman–Crippen MR) is 110 cm³/mol. The molecule has 12 heteroatoms. The van der Waals surface area contributed by atoms with Gasteiger partial charge in [-0.1, -0.05) is 24.6 Å². The van der Waals surface area contributed by atoms with Crippen LogP contribution >= 0.6 is 7.75 Å². The summed E-state index contributed by atoms with van der Waals surface area (Å²) < 4.78 is 97.6. The van der Waals surface area contributed by atoms with E-state index < -0.39 is 54.6 Å². The Labute approximate surface area is 192 Å². The molecule has 0 aliphatic heterocycles. The van der Waals surface area contributed by atoms with E-state index in [1.54, 1.807) is 6.07 Å². The second-order valence-electron chi connectivity index (χ2n) is 8.56. The molecule has 184 valence electrons. The zero-order chi connectivity index (χ0) is 24.7. The van der Waals surface area contributed by atoms with Gasteiger partial charge in [0.2, 0.25) is 34.8 Å². The maximum atomic E-state index is 14.2. The molecule has 34 heavy (non-hydrogen) atoms. The third kappa shape index (κ3) is 4.77. The van der Waals surface area contributed by atoms with Crippen LogP contribution in [0.4, 0.5) is 22.0 Å². The van der Waals surface area contributed by atoms with Gasteiger partial charge in [0.25, 0.3) is 0 Å². The Bertz CT molecular complexity index is 1110. The molecule has 0 saturated heterocycles. The Kier molecular flexibility index (Phi) is 6.61. The quantitative estimate of drug-likeness (QED) is 0.161. The molecular weight excluding hydrogens is 484 g/mol. The number of para-hydroxylation sites is 1. The lowest BCUT2D eigenvalue weighted by Crippen LogP contribution is -2.49. The van der Waals surface area contributed by atoms with E-state index in [0.29, 0.717) is 12.8 Å². The summed E-state index contributed by atoms with van der Waals surface area (Å²) in [5, 5.41) is 2.16. The number of hydrogen-bond donors (Lipinski definition) is 1. The minimum atomic E-state index is -4.92. The molecule has 1 unspecified atom stereocenters. The monoisotopic (exact) mass is 505 g/mol. The lowest BCUT2D eigenvalue weighted by atomic mass is 9.55. The van der Waals surface area contributed by atoms with E-state index in [4.69, 9.17) is 13.8 Å². The van der Waals surface area contributed by atoms with E-state index in [1.165, 1.54) is 31.2 Å². The van der Waals surface area contributed by atoms with Gasteiger partial charge in [-0.15, -0.1) is 0 Å². The van der Waals surface area contributed by atoms with Crippen molar-refractivity contribution in [1.82, 2.24) is 5.09 Å². The molecular formula is C22H21F5NO5P. The summed E-state index contributed by atoms with van der Waals surface area (Å²) in [6.07, 6.45) is 4.39. The number of carbonyl (C=O) groups is 1. The molecule has 1 spiro atoms. The van der Waals surface area contributed by atoms with Crippen LogP contribution < -0.4 is 14.1 Å². The standard InChI is InChI=1S/C22H21F5NO5P/c1-12(21(29)31-14-10-22(11-14)8-5-9-22)28-34(30,32-13-6-3-2-4-7-13)33-20-18(26)16(24)15(23)17(25)19(20)27/h2-4,6-7,12,14H,5,8-11H2,1H3,(H,28,30)/t12-,34?/m0/s1. The highest BCUT2D eigenvalue weighted by Crippen LogP contribution is 2.57. The third-order valence-corrected chi connectivity index (χ3v) is 7.65. The molecule has 6 nitrogen and oxygen atoms in total. The maximum absolute atomic E-state index is 14.2. The Hall–Kier alpha value is -2.65. The normalized spacial score (nSPS) is 19.5. The molecule has 2 aromatic rings. The summed E-state index contributed by atoms with van der Waals surface area (Å²) in [6, 6.07) is 5.79. The van der Waals surface area contributed by atoms with Gasteiger partial charge in [0.05, 0.1) is 0 Å². The highest BCUT2D eigenvalue weighted by atomic mass is 31.2. The van der Waals surface area contributed by atoms with Crippen LogP contribution in [0.2, 0.25) is 0 Å². The number of benzene rings is 2. The van der Waals surface area contributed by atoms with Gasteiger partial charge in [-0.2, -0.15) is 13.9 Å². The molecule has 0 bridgehead atoms. The van der Waals surface area contributed by atoms with Crippen molar-refractivity contribution in [1.29, 1.82) is 0 Å². The summed E-state index contributed by atoms with van der Waals surface area (Å²) in [5.74, 6) is -14.4. The lowest BCUT2D eigenvalue weighted by molar-refractivity contribution is -0.169. The van der Waals surface area contributed by atoms with Crippen LogP contribution in [0, 0.1) is 34.5 Å². The van der Waals surface area contributed by atoms with Gasteiger partial charge in [0, 0.05) is 0 Å². The van der Waals surface area contributed by atoms with E-state index in [-0.39, 0.29) is 17.3 Å². The fourth-order valence-electron chi connectivity index (χ4n) is 4.11. The summed E-state index contributed by atoms with van der Waals surface area (Å²) in [5.41, 5.74) is 0.224. The van der Waals surface area contributed by atoms with Crippen LogP contribution in [0.5, 0.6) is 11.5 Å². The SMILES string of the molecule is C[C@H](NP(=O)(Oc1ccccc1)Oc1c(F)c(F)c(F)c(F)c1F)C(=O)OC1CC2(CCC2)C1. The summed E-state index contributed by atoms with van der Waals surface area (Å²) in [6.45, 7) is 1.24. The summed E-state index contributed by atoms with van der Waals surface area (Å²) >= 11 is 0. The molecule has 2 aliphatic carbocycles. The van der Waals surface area contributed by atoms with Crippen molar-refractivity contribution in [3.8, 4) is 11.5 Å². The Morgan fingerprint density at radius 1 is 0.971 bits per heavy atom. The van der Waals surface area contributed by atoms with E-state index >= 15 is 0 Å². The maximum Gasteiger partial charge on any atom is 0.513 e. The molecule has 0 aromatic heterocycles. The molecule has 2 aromatic carbocycles. The van der Waals surface area contributed by atoms with Gasteiger partial charge in [0.15, 0.2) is 0 Å². The smallest absolute Gasteiger partial charge is 0.461 e. The number of rotatable bonds is 8. The van der Waals surface area contributed by atoms with Gasteiger partial charge in [-0.25, -0.2) is 17.7 Å². The Balaban J connectivity index is 1.54. The van der Waals surface area contributed by atoms with Crippen molar-refractivity contribution in [2.75, 3.05) is 0 Å². The van der Waals surface area contributed by atoms with Gasteiger partial charge in [-0.05, 0) is 50.2 Å². The second kappa shape index (κ2) is 9.19. The molecule has 2 atom stereocenters. The van der Waals surface area contributed by atoms with Crippen molar-refractivity contribution < 1.29 is 45.1 Å². The van der Waals surface area contributed by atoms with Crippen molar-refractivity contribution in [2.24, 2.45) is 5.41 Å². The van der Waals surface area contributed by atoms with Crippen LogP contribution in [0.3, 0.4) is 0 Å². The summed E-state index contributed by atoms with van der Waals surface area (Å²) in [4.78, 5) is 12.5. The zero-order valence-corrected chi connectivity index (χ0v) is 18.8. The van der Waals surface area contributed by atoms with Gasteiger partial charge >= 0.3 is 13.7 Å². The fraction of sp³-hybridized carbons (Fsp3) is 0.409. The summed E-state index contributed by atoms with van der Waals surface area (Å²) in [7, 11) is -4.92. The largest absolute Gasteiger partial charge is 0.513 e. The fourth-order valence-corrected chi connectivity index (χ4v) is 5.63. The number of hydrogen-bond acceptors (Lipinski definition) is 5. The van der Waals surface area contributed by atoms with Crippen molar-refractivity contribution in [3.63, 3.8) is 0 Å². The molecule has 2 saturated carbocycles. The van der Waals surface area contributed by atoms with Gasteiger partial charge < -0.3 is 13.8 Å². The molecule has 0 radical (unpaired) electrons. The number of nitrogens with one attached hydrogen (secondary N) is 1. The first kappa shape index (κ1) is 24.5. The average molecular weight is 505 g/mol. The van der Waals surface area contributed by atoms with E-state index in [2.05, 4.69) is 5.09 Å². The van der Waals surface area contributed by atoms with Crippen LogP contribution in [-0.2, 0) is 14.1 Å². The predicted octanol–water partition coefficient (Wildman–Crippen LogP) is 5.80. The zero-order valence-electron chi connectivity index (χ0n) is 18.0. The topological polar surface area (TPSA) is 73.9 Å². The number of esters is 1. The highest BCUT2D eigenvalue weighted by Gasteiger charge is 2.50. The van der Waals surface area contributed by atoms with Crippen LogP contribution in [0.15, 0.2) is 30.3 Å². The van der Waals surface area contributed by atoms with Gasteiger partial charge in [-0.3, -0.25) is 4.79 Å². The highest BCUT2D eigenvalue weighted by molar-refractivity contribution is 7.52. The Morgan fingerprint density at radius 3 is 2.06 bits per heavy atom. The number of ether oxygens (including phenoxy) is 1. The van der Waals surface area contributed by atoms with Gasteiger partial charge in [0.1, 0.15) is 17.9 Å². The van der Waals surface area contributed by atoms with E-state index in [0.717, 1.165) is 19.3 Å². The average Bonchev–Trinajstić information content (AvgIpc) is 2.75. The first-order chi connectivity index (χ1) is 16.0. The third-order valence-electron chi connectivity index (χ3n) is 6.07. The number of halogens is 5. The van der Waals surface area contributed by atoms with Crippen LogP contribution in [-0.4, -0.2) is 18.1 Å². The first-order valence-electron chi connectivity index (χ1n) is 10.6. The molecule has 2 fully saturated rings. The first-order valence-corrected chi connectivity index (χ1v) is 12.1. The molecule has 0 amide bonds. The minimum absolute atomic E-state index is 0.117. The molecule has 2 aliphatic rings. The van der Waals surface area contributed by atoms with Crippen molar-refractivity contribution >= 4 is 13.7 Å². The lowest BCUT2D eigenvalue weighted by Gasteiger charge is -2.53.